The highest BCUT2D eigenvalue weighted by atomic mass is 35.5. The minimum absolute atomic E-state index is 0.0799. The van der Waals surface area contributed by atoms with Gasteiger partial charge in [0.1, 0.15) is 10.7 Å². The summed E-state index contributed by atoms with van der Waals surface area (Å²) in [6.45, 7) is 0. The molecule has 0 saturated heterocycles. The number of rotatable bonds is 4. The first-order valence-corrected chi connectivity index (χ1v) is 5.82. The number of halogens is 1. The molecule has 8 heteroatoms. The van der Waals surface area contributed by atoms with E-state index in [-0.39, 0.29) is 16.3 Å². The number of hydrogen-bond acceptors (Lipinski definition) is 5. The molecule has 0 aliphatic heterocycles. The Morgan fingerprint density at radius 2 is 2.20 bits per heavy atom. The number of aromatic nitrogens is 2. The molecule has 0 bridgehead atoms. The summed E-state index contributed by atoms with van der Waals surface area (Å²) in [6.07, 6.45) is 2.62. The Hall–Kier alpha value is -2.67. The second-order valence-corrected chi connectivity index (χ2v) is 4.07. The summed E-state index contributed by atoms with van der Waals surface area (Å²) in [5.74, 6) is -1.05. The highest BCUT2D eigenvalue weighted by Gasteiger charge is 2.07. The van der Waals surface area contributed by atoms with E-state index < -0.39 is 11.5 Å². The van der Waals surface area contributed by atoms with E-state index in [4.69, 9.17) is 16.7 Å². The van der Waals surface area contributed by atoms with Gasteiger partial charge in [-0.05, 0) is 6.07 Å². The van der Waals surface area contributed by atoms with Crippen molar-refractivity contribution in [2.24, 2.45) is 5.10 Å². The van der Waals surface area contributed by atoms with Gasteiger partial charge in [-0.25, -0.2) is 9.89 Å². The number of nitrogens with zero attached hydrogens (tertiary/aromatic N) is 2. The Kier molecular flexibility index (Phi) is 4.11. The van der Waals surface area contributed by atoms with Gasteiger partial charge in [0.05, 0.1) is 18.0 Å². The van der Waals surface area contributed by atoms with Gasteiger partial charge in [-0.3, -0.25) is 10.2 Å². The highest BCUT2D eigenvalue weighted by molar-refractivity contribution is 6.32. The molecule has 0 saturated carbocycles. The summed E-state index contributed by atoms with van der Waals surface area (Å²) in [4.78, 5) is 22.2. The fourth-order valence-corrected chi connectivity index (χ4v) is 1.57. The number of carboxylic acid groups (broad SMARTS) is 1. The molecule has 2 aromatic rings. The van der Waals surface area contributed by atoms with Crippen molar-refractivity contribution in [3.63, 3.8) is 0 Å². The predicted molar refractivity (Wildman–Crippen MR) is 74.5 cm³/mol. The second kappa shape index (κ2) is 5.98. The summed E-state index contributed by atoms with van der Waals surface area (Å²) in [7, 11) is 0. The minimum Gasteiger partial charge on any atom is -0.478 e. The lowest BCUT2D eigenvalue weighted by molar-refractivity contribution is 0.0697. The van der Waals surface area contributed by atoms with Crippen molar-refractivity contribution in [3.05, 3.63) is 57.0 Å². The summed E-state index contributed by atoms with van der Waals surface area (Å²) >= 11 is 5.74. The smallest absolute Gasteiger partial charge is 0.336 e. The number of carboxylic acids is 1. The van der Waals surface area contributed by atoms with Crippen molar-refractivity contribution in [3.8, 4) is 0 Å². The van der Waals surface area contributed by atoms with Crippen LogP contribution in [0.3, 0.4) is 0 Å². The van der Waals surface area contributed by atoms with E-state index in [1.165, 1.54) is 18.5 Å². The zero-order valence-electron chi connectivity index (χ0n) is 10.0. The maximum atomic E-state index is 11.2. The molecule has 0 fully saturated rings. The van der Waals surface area contributed by atoms with Crippen LogP contribution in [-0.4, -0.2) is 27.5 Å². The van der Waals surface area contributed by atoms with Crippen molar-refractivity contribution in [2.45, 2.75) is 0 Å². The zero-order chi connectivity index (χ0) is 14.5. The number of nitrogens with one attached hydrogen (secondary N) is 2. The van der Waals surface area contributed by atoms with Gasteiger partial charge in [0, 0.05) is 5.56 Å². The summed E-state index contributed by atoms with van der Waals surface area (Å²) < 4.78 is 0. The molecule has 0 spiro atoms. The van der Waals surface area contributed by atoms with Crippen LogP contribution >= 0.6 is 11.6 Å². The van der Waals surface area contributed by atoms with Gasteiger partial charge >= 0.3 is 5.97 Å². The quantitative estimate of drug-likeness (QED) is 0.585. The number of hydrogen-bond donors (Lipinski definition) is 3. The van der Waals surface area contributed by atoms with Crippen LogP contribution in [0, 0.1) is 0 Å². The maximum Gasteiger partial charge on any atom is 0.336 e. The Morgan fingerprint density at radius 1 is 1.45 bits per heavy atom. The normalized spacial score (nSPS) is 10.7. The molecule has 0 aliphatic rings. The lowest BCUT2D eigenvalue weighted by Crippen LogP contribution is -2.10. The summed E-state index contributed by atoms with van der Waals surface area (Å²) in [6, 6.07) is 6.37. The Morgan fingerprint density at radius 3 is 2.95 bits per heavy atom. The van der Waals surface area contributed by atoms with Crippen LogP contribution < -0.4 is 11.0 Å². The van der Waals surface area contributed by atoms with Crippen LogP contribution in [0.1, 0.15) is 15.9 Å². The van der Waals surface area contributed by atoms with E-state index in [9.17, 15) is 9.59 Å². The standard InChI is InChI=1S/C12H9ClN4O3/c13-10-9(6-15-17-11(10)18)16-14-5-7-3-1-2-4-8(7)12(19)20/h1-6H,(H,19,20)(H2,16,17,18)/b14-5+. The van der Waals surface area contributed by atoms with Gasteiger partial charge < -0.3 is 5.11 Å². The molecule has 1 aromatic heterocycles. The lowest BCUT2D eigenvalue weighted by Gasteiger charge is -2.02. The van der Waals surface area contributed by atoms with Gasteiger partial charge in [0.15, 0.2) is 0 Å². The van der Waals surface area contributed by atoms with E-state index in [0.29, 0.717) is 5.56 Å². The first-order chi connectivity index (χ1) is 9.59. The molecule has 0 aliphatic carbocycles. The number of carbonyl (C=O) groups is 1. The molecule has 20 heavy (non-hydrogen) atoms. The van der Waals surface area contributed by atoms with Crippen molar-refractivity contribution in [1.29, 1.82) is 0 Å². The molecule has 0 unspecified atom stereocenters. The van der Waals surface area contributed by atoms with E-state index in [2.05, 4.69) is 20.7 Å². The Bertz CT molecular complexity index is 727. The number of aromatic carboxylic acids is 1. The molecule has 0 radical (unpaired) electrons. The first kappa shape index (κ1) is 13.8. The van der Waals surface area contributed by atoms with Gasteiger partial charge in [-0.2, -0.15) is 10.2 Å². The maximum absolute atomic E-state index is 11.2. The largest absolute Gasteiger partial charge is 0.478 e. The molecule has 102 valence electrons. The third kappa shape index (κ3) is 3.01. The first-order valence-electron chi connectivity index (χ1n) is 5.44. The average Bonchev–Trinajstić information content (AvgIpc) is 2.44. The number of hydrazone groups is 1. The molecule has 7 nitrogen and oxygen atoms in total. The van der Waals surface area contributed by atoms with Crippen LogP contribution in [0.15, 0.2) is 40.4 Å². The van der Waals surface area contributed by atoms with Crippen molar-refractivity contribution < 1.29 is 9.90 Å². The monoisotopic (exact) mass is 292 g/mol. The summed E-state index contributed by atoms with van der Waals surface area (Å²) in [5.41, 5.74) is 2.75. The molecule has 3 N–H and O–H groups in total. The number of benzene rings is 1. The lowest BCUT2D eigenvalue weighted by atomic mass is 10.1. The van der Waals surface area contributed by atoms with Gasteiger partial charge in [-0.1, -0.05) is 29.8 Å². The fourth-order valence-electron chi connectivity index (χ4n) is 1.44. The third-order valence-corrected chi connectivity index (χ3v) is 2.75. The van der Waals surface area contributed by atoms with Crippen LogP contribution in [0.25, 0.3) is 0 Å². The second-order valence-electron chi connectivity index (χ2n) is 3.69. The van der Waals surface area contributed by atoms with Gasteiger partial charge in [0.25, 0.3) is 5.56 Å². The van der Waals surface area contributed by atoms with Gasteiger partial charge in [-0.15, -0.1) is 0 Å². The topological polar surface area (TPSA) is 107 Å². The SMILES string of the molecule is O=C(O)c1ccccc1/C=N/Nc1cn[nH]c(=O)c1Cl. The average molecular weight is 293 g/mol. The molecule has 1 aromatic carbocycles. The van der Waals surface area contributed by atoms with Crippen LogP contribution in [-0.2, 0) is 0 Å². The van der Waals surface area contributed by atoms with Gasteiger partial charge in [0.2, 0.25) is 0 Å². The fraction of sp³-hybridized carbons (Fsp3) is 0. The number of H-pyrrole nitrogens is 1. The summed E-state index contributed by atoms with van der Waals surface area (Å²) in [5, 5.41) is 18.5. The van der Waals surface area contributed by atoms with E-state index >= 15 is 0 Å². The number of anilines is 1. The Balaban J connectivity index is 2.21. The van der Waals surface area contributed by atoms with E-state index in [1.54, 1.807) is 18.2 Å². The third-order valence-electron chi connectivity index (χ3n) is 2.38. The van der Waals surface area contributed by atoms with Crippen molar-refractivity contribution >= 4 is 29.5 Å². The zero-order valence-corrected chi connectivity index (χ0v) is 10.8. The number of aromatic amines is 1. The van der Waals surface area contributed by atoms with Crippen molar-refractivity contribution in [1.82, 2.24) is 10.2 Å². The molecule has 0 atom stereocenters. The molecule has 1 heterocycles. The molecule has 2 rings (SSSR count). The van der Waals surface area contributed by atoms with Crippen molar-refractivity contribution in [2.75, 3.05) is 5.43 Å². The Labute approximate surface area is 117 Å². The van der Waals surface area contributed by atoms with Crippen LogP contribution in [0.5, 0.6) is 0 Å². The minimum atomic E-state index is -1.05. The predicted octanol–water partition coefficient (Wildman–Crippen LogP) is 1.57. The van der Waals surface area contributed by atoms with Crippen LogP contribution in [0.2, 0.25) is 5.02 Å². The van der Waals surface area contributed by atoms with Crippen LogP contribution in [0.4, 0.5) is 5.69 Å². The molecular formula is C12H9ClN4O3. The highest BCUT2D eigenvalue weighted by Crippen LogP contribution is 2.14. The molecular weight excluding hydrogens is 284 g/mol. The van der Waals surface area contributed by atoms with E-state index in [1.807, 2.05) is 0 Å². The van der Waals surface area contributed by atoms with E-state index in [0.717, 1.165) is 0 Å². The molecule has 0 amide bonds.